The van der Waals surface area contributed by atoms with Crippen molar-refractivity contribution in [3.63, 3.8) is 0 Å². The molecule has 2 heteroatoms. The van der Waals surface area contributed by atoms with Crippen LogP contribution in [0.3, 0.4) is 0 Å². The second-order valence-electron chi connectivity index (χ2n) is 6.73. The molecule has 1 fully saturated rings. The van der Waals surface area contributed by atoms with Crippen LogP contribution in [0, 0.1) is 13.8 Å². The summed E-state index contributed by atoms with van der Waals surface area (Å²) >= 11 is 0. The molecule has 21 heavy (non-hydrogen) atoms. The van der Waals surface area contributed by atoms with Crippen LogP contribution < -0.4 is 5.32 Å². The minimum absolute atomic E-state index is 0.321. The first kappa shape index (κ1) is 16.5. The number of aryl methyl sites for hydroxylation is 2. The Labute approximate surface area is 130 Å². The quantitative estimate of drug-likeness (QED) is 0.879. The zero-order chi connectivity index (χ0) is 15.5. The lowest BCUT2D eigenvalue weighted by Gasteiger charge is -2.50. The number of benzene rings is 1. The number of nitrogens with zero attached hydrogens (tertiary/aromatic N) is 1. The maximum absolute atomic E-state index is 3.76. The molecule has 118 valence electrons. The summed E-state index contributed by atoms with van der Waals surface area (Å²) in [6.45, 7) is 14.8. The zero-order valence-corrected chi connectivity index (χ0v) is 14.5. The molecule has 1 atom stereocenters. The first-order chi connectivity index (χ1) is 10.0. The molecule has 1 N–H and O–H groups in total. The SMILES string of the molecule is CCC1CN(Cc2cc(C)ccc2C)C(CC)(CC)CN1. The van der Waals surface area contributed by atoms with Gasteiger partial charge in [-0.25, -0.2) is 0 Å². The number of nitrogens with one attached hydrogen (secondary N) is 1. The maximum Gasteiger partial charge on any atom is 0.0333 e. The second-order valence-corrected chi connectivity index (χ2v) is 6.73. The summed E-state index contributed by atoms with van der Waals surface area (Å²) in [4.78, 5) is 2.75. The van der Waals surface area contributed by atoms with Crippen LogP contribution in [0.15, 0.2) is 18.2 Å². The highest BCUT2D eigenvalue weighted by Crippen LogP contribution is 2.30. The van der Waals surface area contributed by atoms with Gasteiger partial charge >= 0.3 is 0 Å². The highest BCUT2D eigenvalue weighted by atomic mass is 15.3. The van der Waals surface area contributed by atoms with Gasteiger partial charge in [-0.05, 0) is 44.2 Å². The number of hydrogen-bond donors (Lipinski definition) is 1. The topological polar surface area (TPSA) is 15.3 Å². The third-order valence-electron chi connectivity index (χ3n) is 5.51. The van der Waals surface area contributed by atoms with Gasteiger partial charge in [0.2, 0.25) is 0 Å². The van der Waals surface area contributed by atoms with Crippen LogP contribution in [-0.4, -0.2) is 29.6 Å². The summed E-state index contributed by atoms with van der Waals surface area (Å²) in [7, 11) is 0. The van der Waals surface area contributed by atoms with Crippen LogP contribution in [0.1, 0.15) is 56.7 Å². The van der Waals surface area contributed by atoms with Crippen molar-refractivity contribution in [3.8, 4) is 0 Å². The molecule has 0 amide bonds. The van der Waals surface area contributed by atoms with Crippen molar-refractivity contribution in [1.82, 2.24) is 10.2 Å². The Bertz CT molecular complexity index is 463. The molecule has 0 spiro atoms. The number of piperazine rings is 1. The van der Waals surface area contributed by atoms with Crippen molar-refractivity contribution < 1.29 is 0 Å². The Balaban J connectivity index is 2.25. The Morgan fingerprint density at radius 2 is 1.90 bits per heavy atom. The molecule has 1 heterocycles. The van der Waals surface area contributed by atoms with Crippen molar-refractivity contribution in [2.75, 3.05) is 13.1 Å². The van der Waals surface area contributed by atoms with Gasteiger partial charge in [0.25, 0.3) is 0 Å². The molecule has 0 aliphatic carbocycles. The third-order valence-corrected chi connectivity index (χ3v) is 5.51. The Morgan fingerprint density at radius 1 is 1.19 bits per heavy atom. The predicted molar refractivity (Wildman–Crippen MR) is 91.7 cm³/mol. The lowest BCUT2D eigenvalue weighted by atomic mass is 9.86. The molecule has 1 aliphatic rings. The van der Waals surface area contributed by atoms with E-state index in [2.05, 4.69) is 63.0 Å². The van der Waals surface area contributed by atoms with Gasteiger partial charge in [-0.2, -0.15) is 0 Å². The predicted octanol–water partition coefficient (Wildman–Crippen LogP) is 4.05. The lowest BCUT2D eigenvalue weighted by molar-refractivity contribution is 0.0236. The van der Waals surface area contributed by atoms with Gasteiger partial charge in [0.1, 0.15) is 0 Å². The van der Waals surface area contributed by atoms with Crippen molar-refractivity contribution >= 4 is 0 Å². The van der Waals surface area contributed by atoms with Crippen molar-refractivity contribution in [2.24, 2.45) is 0 Å². The van der Waals surface area contributed by atoms with E-state index in [1.165, 1.54) is 42.5 Å². The van der Waals surface area contributed by atoms with Gasteiger partial charge in [0, 0.05) is 31.2 Å². The van der Waals surface area contributed by atoms with Gasteiger partial charge in [-0.1, -0.05) is 44.5 Å². The first-order valence-electron chi connectivity index (χ1n) is 8.59. The fourth-order valence-corrected chi connectivity index (χ4v) is 3.60. The Hall–Kier alpha value is -0.860. The zero-order valence-electron chi connectivity index (χ0n) is 14.5. The molecule has 1 unspecified atom stereocenters. The van der Waals surface area contributed by atoms with Crippen LogP contribution in [0.25, 0.3) is 0 Å². The van der Waals surface area contributed by atoms with Crippen LogP contribution in [0.2, 0.25) is 0 Å². The minimum Gasteiger partial charge on any atom is -0.311 e. The van der Waals surface area contributed by atoms with Crippen LogP contribution in [0.4, 0.5) is 0 Å². The number of hydrogen-bond acceptors (Lipinski definition) is 2. The fourth-order valence-electron chi connectivity index (χ4n) is 3.60. The highest BCUT2D eigenvalue weighted by Gasteiger charge is 2.38. The average molecular weight is 288 g/mol. The van der Waals surface area contributed by atoms with E-state index >= 15 is 0 Å². The van der Waals surface area contributed by atoms with Crippen LogP contribution in [-0.2, 0) is 6.54 Å². The van der Waals surface area contributed by atoms with E-state index in [-0.39, 0.29) is 0 Å². The Kier molecular flexibility index (Phi) is 5.45. The first-order valence-corrected chi connectivity index (χ1v) is 8.59. The van der Waals surface area contributed by atoms with E-state index in [0.717, 1.165) is 13.1 Å². The molecule has 2 rings (SSSR count). The van der Waals surface area contributed by atoms with Gasteiger partial charge in [-0.3, -0.25) is 4.90 Å². The van der Waals surface area contributed by atoms with Gasteiger partial charge in [0.05, 0.1) is 0 Å². The van der Waals surface area contributed by atoms with Gasteiger partial charge in [-0.15, -0.1) is 0 Å². The molecule has 2 nitrogen and oxygen atoms in total. The van der Waals surface area contributed by atoms with Crippen molar-refractivity contribution in [2.45, 2.75) is 72.0 Å². The normalized spacial score (nSPS) is 22.4. The second kappa shape index (κ2) is 6.93. The molecule has 0 bridgehead atoms. The Morgan fingerprint density at radius 3 is 2.52 bits per heavy atom. The molecule has 1 aromatic rings. The number of rotatable bonds is 5. The monoisotopic (exact) mass is 288 g/mol. The minimum atomic E-state index is 0.321. The summed E-state index contributed by atoms with van der Waals surface area (Å²) in [6.07, 6.45) is 3.66. The fraction of sp³-hybridized carbons (Fsp3) is 0.684. The average Bonchev–Trinajstić information content (AvgIpc) is 2.51. The lowest BCUT2D eigenvalue weighted by Crippen LogP contribution is -2.63. The smallest absolute Gasteiger partial charge is 0.0333 e. The molecule has 1 aromatic carbocycles. The molecule has 0 radical (unpaired) electrons. The van der Waals surface area contributed by atoms with Crippen molar-refractivity contribution in [1.29, 1.82) is 0 Å². The summed E-state index contributed by atoms with van der Waals surface area (Å²) in [5.41, 5.74) is 4.62. The van der Waals surface area contributed by atoms with E-state index in [0.29, 0.717) is 11.6 Å². The summed E-state index contributed by atoms with van der Waals surface area (Å²) < 4.78 is 0. The van der Waals surface area contributed by atoms with E-state index in [4.69, 9.17) is 0 Å². The van der Waals surface area contributed by atoms with Crippen molar-refractivity contribution in [3.05, 3.63) is 34.9 Å². The summed E-state index contributed by atoms with van der Waals surface area (Å²) in [5, 5.41) is 3.76. The third kappa shape index (κ3) is 3.49. The standard InChI is InChI=1S/C19H32N2/c1-6-18-13-21(19(7-2,8-3)14-20-18)12-17-11-15(4)9-10-16(17)5/h9-11,18,20H,6-8,12-14H2,1-5H3. The molecular weight excluding hydrogens is 256 g/mol. The largest absolute Gasteiger partial charge is 0.311 e. The maximum atomic E-state index is 3.76. The molecule has 1 aliphatic heterocycles. The summed E-state index contributed by atoms with van der Waals surface area (Å²) in [5.74, 6) is 0. The van der Waals surface area contributed by atoms with E-state index in [1.54, 1.807) is 0 Å². The van der Waals surface area contributed by atoms with Gasteiger partial charge in [0.15, 0.2) is 0 Å². The molecule has 0 aromatic heterocycles. The highest BCUT2D eigenvalue weighted by molar-refractivity contribution is 5.30. The molecule has 0 saturated carbocycles. The van der Waals surface area contributed by atoms with Crippen LogP contribution in [0.5, 0.6) is 0 Å². The van der Waals surface area contributed by atoms with E-state index in [9.17, 15) is 0 Å². The van der Waals surface area contributed by atoms with E-state index < -0.39 is 0 Å². The molecular formula is C19H32N2. The van der Waals surface area contributed by atoms with Gasteiger partial charge < -0.3 is 5.32 Å². The molecule has 1 saturated heterocycles. The summed E-state index contributed by atoms with van der Waals surface area (Å²) in [6, 6.07) is 7.50. The van der Waals surface area contributed by atoms with Crippen LogP contribution >= 0.6 is 0 Å². The van der Waals surface area contributed by atoms with E-state index in [1.807, 2.05) is 0 Å².